The zero-order valence-electron chi connectivity index (χ0n) is 15.6. The maximum absolute atomic E-state index is 13.0. The lowest BCUT2D eigenvalue weighted by molar-refractivity contribution is -0.115. The van der Waals surface area contributed by atoms with E-state index in [-0.39, 0.29) is 11.7 Å². The second kappa shape index (κ2) is 9.15. The van der Waals surface area contributed by atoms with Crippen LogP contribution in [0.2, 0.25) is 5.02 Å². The van der Waals surface area contributed by atoms with Crippen LogP contribution < -0.4 is 10.1 Å². The Balaban J connectivity index is 1.45. The number of aliphatic imine (C=N–C) groups is 1. The quantitative estimate of drug-likeness (QED) is 0.501. The van der Waals surface area contributed by atoms with Crippen LogP contribution in [0, 0.1) is 5.82 Å². The lowest BCUT2D eigenvalue weighted by atomic mass is 10.2. The first-order valence-corrected chi connectivity index (χ1v) is 10.3. The second-order valence-corrected chi connectivity index (χ2v) is 7.91. The highest BCUT2D eigenvalue weighted by Gasteiger charge is 2.23. The summed E-state index contributed by atoms with van der Waals surface area (Å²) in [5.74, 6) is 0.177. The highest BCUT2D eigenvalue weighted by Crippen LogP contribution is 2.29. The molecule has 3 aromatic rings. The summed E-state index contributed by atoms with van der Waals surface area (Å²) in [5.41, 5.74) is 2.41. The molecule has 1 amide bonds. The van der Waals surface area contributed by atoms with Crippen molar-refractivity contribution in [3.63, 3.8) is 0 Å². The van der Waals surface area contributed by atoms with E-state index in [0.29, 0.717) is 33.1 Å². The van der Waals surface area contributed by atoms with Crippen LogP contribution >= 0.6 is 23.4 Å². The normalized spacial score (nSPS) is 16.1. The van der Waals surface area contributed by atoms with E-state index in [1.54, 1.807) is 42.5 Å². The average molecular weight is 439 g/mol. The summed E-state index contributed by atoms with van der Waals surface area (Å²) in [6.45, 7) is 0.327. The van der Waals surface area contributed by atoms with E-state index in [1.165, 1.54) is 23.9 Å². The van der Waals surface area contributed by atoms with Crippen LogP contribution in [0.15, 0.2) is 82.7 Å². The molecule has 150 valence electrons. The Labute approximate surface area is 182 Å². The molecule has 1 fully saturated rings. The van der Waals surface area contributed by atoms with E-state index >= 15 is 0 Å². The molecule has 1 aliphatic rings. The standard InChI is InChI=1S/C23H16ClFN2O2S/c24-17-6-10-19(11-7-17)26-23-27-22(28)21(30-23)13-16-2-1-3-20(12-16)29-14-15-4-8-18(25)9-5-15/h1-13H,14H2,(H,26,27,28). The molecule has 4 rings (SSSR count). The number of thioether (sulfide) groups is 1. The Bertz CT molecular complexity index is 1130. The number of halogens is 2. The first-order valence-electron chi connectivity index (χ1n) is 9.08. The Morgan fingerprint density at radius 2 is 1.83 bits per heavy atom. The molecule has 1 heterocycles. The van der Waals surface area contributed by atoms with E-state index in [4.69, 9.17) is 16.3 Å². The monoisotopic (exact) mass is 438 g/mol. The van der Waals surface area contributed by atoms with Gasteiger partial charge < -0.3 is 10.1 Å². The van der Waals surface area contributed by atoms with Crippen molar-refractivity contribution >= 4 is 46.2 Å². The van der Waals surface area contributed by atoms with Crippen LogP contribution in [0.4, 0.5) is 10.1 Å². The van der Waals surface area contributed by atoms with Crippen molar-refractivity contribution in [2.45, 2.75) is 6.61 Å². The molecule has 3 aromatic carbocycles. The summed E-state index contributed by atoms with van der Waals surface area (Å²) in [6.07, 6.45) is 1.79. The van der Waals surface area contributed by atoms with Gasteiger partial charge in [-0.15, -0.1) is 0 Å². The van der Waals surface area contributed by atoms with E-state index in [1.807, 2.05) is 24.3 Å². The first-order chi connectivity index (χ1) is 14.5. The fourth-order valence-electron chi connectivity index (χ4n) is 2.71. The number of amides is 1. The lowest BCUT2D eigenvalue weighted by Crippen LogP contribution is -2.19. The van der Waals surface area contributed by atoms with Gasteiger partial charge in [-0.2, -0.15) is 0 Å². The summed E-state index contributed by atoms with van der Waals surface area (Å²) in [6, 6.07) is 20.7. The van der Waals surface area contributed by atoms with Gasteiger partial charge in [0.2, 0.25) is 0 Å². The van der Waals surface area contributed by atoms with Gasteiger partial charge in [0.1, 0.15) is 18.2 Å². The van der Waals surface area contributed by atoms with Crippen molar-refractivity contribution in [1.29, 1.82) is 0 Å². The maximum atomic E-state index is 13.0. The predicted octanol–water partition coefficient (Wildman–Crippen LogP) is 5.95. The highest BCUT2D eigenvalue weighted by atomic mass is 35.5. The molecule has 0 aromatic heterocycles. The third kappa shape index (κ3) is 5.28. The third-order valence-electron chi connectivity index (χ3n) is 4.18. The van der Waals surface area contributed by atoms with Gasteiger partial charge in [-0.1, -0.05) is 35.9 Å². The smallest absolute Gasteiger partial charge is 0.264 e. The van der Waals surface area contributed by atoms with Crippen LogP contribution in [-0.2, 0) is 11.4 Å². The molecular weight excluding hydrogens is 423 g/mol. The number of amidine groups is 1. The SMILES string of the molecule is O=C1NC(=Nc2ccc(Cl)cc2)SC1=Cc1cccc(OCc2ccc(F)cc2)c1. The molecule has 7 heteroatoms. The molecule has 0 aliphatic carbocycles. The molecule has 0 radical (unpaired) electrons. The van der Waals surface area contributed by atoms with E-state index in [0.717, 1.165) is 11.1 Å². The molecular formula is C23H16ClFN2O2S. The fraction of sp³-hybridized carbons (Fsp3) is 0.0435. The van der Waals surface area contributed by atoms with Crippen molar-refractivity contribution < 1.29 is 13.9 Å². The van der Waals surface area contributed by atoms with Gasteiger partial charge in [-0.3, -0.25) is 4.79 Å². The van der Waals surface area contributed by atoms with Gasteiger partial charge in [0, 0.05) is 5.02 Å². The van der Waals surface area contributed by atoms with Crippen molar-refractivity contribution in [2.75, 3.05) is 0 Å². The number of nitrogens with zero attached hydrogens (tertiary/aromatic N) is 1. The molecule has 0 atom stereocenters. The van der Waals surface area contributed by atoms with Gasteiger partial charge in [0.25, 0.3) is 5.91 Å². The van der Waals surface area contributed by atoms with E-state index in [9.17, 15) is 9.18 Å². The van der Waals surface area contributed by atoms with Crippen molar-refractivity contribution in [3.05, 3.63) is 99.7 Å². The molecule has 0 saturated carbocycles. The zero-order valence-corrected chi connectivity index (χ0v) is 17.2. The van der Waals surface area contributed by atoms with Gasteiger partial charge in [-0.25, -0.2) is 9.38 Å². The Kier molecular flexibility index (Phi) is 6.16. The summed E-state index contributed by atoms with van der Waals surface area (Å²) < 4.78 is 18.8. The van der Waals surface area contributed by atoms with Crippen molar-refractivity contribution in [2.24, 2.45) is 4.99 Å². The molecule has 1 saturated heterocycles. The minimum atomic E-state index is -0.279. The average Bonchev–Trinajstić information content (AvgIpc) is 3.08. The largest absolute Gasteiger partial charge is 0.489 e. The van der Waals surface area contributed by atoms with E-state index < -0.39 is 0 Å². The Morgan fingerprint density at radius 1 is 1.07 bits per heavy atom. The number of carbonyl (C=O) groups excluding carboxylic acids is 1. The zero-order chi connectivity index (χ0) is 20.9. The summed E-state index contributed by atoms with van der Waals surface area (Å²) >= 11 is 7.15. The minimum Gasteiger partial charge on any atom is -0.489 e. The minimum absolute atomic E-state index is 0.203. The summed E-state index contributed by atoms with van der Waals surface area (Å²) in [7, 11) is 0. The van der Waals surface area contributed by atoms with Crippen LogP contribution in [0.25, 0.3) is 6.08 Å². The van der Waals surface area contributed by atoms with Gasteiger partial charge in [0.05, 0.1) is 10.6 Å². The summed E-state index contributed by atoms with van der Waals surface area (Å²) in [4.78, 5) is 17.3. The Morgan fingerprint density at radius 3 is 2.60 bits per heavy atom. The topological polar surface area (TPSA) is 50.7 Å². The van der Waals surface area contributed by atoms with E-state index in [2.05, 4.69) is 10.3 Å². The highest BCUT2D eigenvalue weighted by molar-refractivity contribution is 8.18. The molecule has 30 heavy (non-hydrogen) atoms. The molecule has 0 unspecified atom stereocenters. The maximum Gasteiger partial charge on any atom is 0.264 e. The number of rotatable bonds is 5. The molecule has 0 bridgehead atoms. The Hall–Kier alpha value is -3.09. The fourth-order valence-corrected chi connectivity index (χ4v) is 3.67. The van der Waals surface area contributed by atoms with Gasteiger partial charge in [0.15, 0.2) is 5.17 Å². The second-order valence-electron chi connectivity index (χ2n) is 6.45. The number of ether oxygens (including phenoxy) is 1. The molecule has 1 aliphatic heterocycles. The number of carbonyl (C=O) groups is 1. The van der Waals surface area contributed by atoms with Crippen LogP contribution in [-0.4, -0.2) is 11.1 Å². The number of hydrogen-bond acceptors (Lipinski definition) is 4. The third-order valence-corrected chi connectivity index (χ3v) is 5.34. The van der Waals surface area contributed by atoms with Crippen LogP contribution in [0.1, 0.15) is 11.1 Å². The molecule has 0 spiro atoms. The first kappa shape index (κ1) is 20.2. The van der Waals surface area contributed by atoms with Crippen molar-refractivity contribution in [3.8, 4) is 5.75 Å². The molecule has 4 nitrogen and oxygen atoms in total. The lowest BCUT2D eigenvalue weighted by Gasteiger charge is -2.07. The number of nitrogens with one attached hydrogen (secondary N) is 1. The number of benzene rings is 3. The molecule has 1 N–H and O–H groups in total. The van der Waals surface area contributed by atoms with Crippen LogP contribution in [0.5, 0.6) is 5.75 Å². The van der Waals surface area contributed by atoms with Gasteiger partial charge >= 0.3 is 0 Å². The van der Waals surface area contributed by atoms with Gasteiger partial charge in [-0.05, 0) is 77.5 Å². The predicted molar refractivity (Wildman–Crippen MR) is 119 cm³/mol. The van der Waals surface area contributed by atoms with Crippen LogP contribution in [0.3, 0.4) is 0 Å². The summed E-state index contributed by atoms with van der Waals surface area (Å²) in [5, 5.41) is 3.90. The number of hydrogen-bond donors (Lipinski definition) is 1. The van der Waals surface area contributed by atoms with Crippen molar-refractivity contribution in [1.82, 2.24) is 5.32 Å².